The molecule has 100 valence electrons. The van der Waals surface area contributed by atoms with E-state index in [0.717, 1.165) is 30.2 Å². The summed E-state index contributed by atoms with van der Waals surface area (Å²) in [6.07, 6.45) is 4.09. The zero-order valence-electron chi connectivity index (χ0n) is 10.7. The quantitative estimate of drug-likeness (QED) is 0.811. The fourth-order valence-corrected chi connectivity index (χ4v) is 1.52. The molecule has 1 aromatic carbocycles. The molecule has 0 bridgehead atoms. The fourth-order valence-electron chi connectivity index (χ4n) is 1.42. The average Bonchev–Trinajstić information content (AvgIpc) is 2.46. The van der Waals surface area contributed by atoms with Crippen LogP contribution in [-0.2, 0) is 6.61 Å². The van der Waals surface area contributed by atoms with E-state index in [-0.39, 0.29) is 0 Å². The molecule has 2 aromatic rings. The maximum absolute atomic E-state index is 5.66. The van der Waals surface area contributed by atoms with Gasteiger partial charge in [-0.2, -0.15) is 0 Å². The van der Waals surface area contributed by atoms with E-state index in [1.807, 2.05) is 24.3 Å². The Morgan fingerprint density at radius 3 is 2.26 bits per heavy atom. The number of nitrogens with zero attached hydrogens (tertiary/aromatic N) is 2. The van der Waals surface area contributed by atoms with Crippen molar-refractivity contribution in [3.05, 3.63) is 47.5 Å². The lowest BCUT2D eigenvalue weighted by molar-refractivity contribution is 0.297. The van der Waals surface area contributed by atoms with Crippen LogP contribution in [0.3, 0.4) is 0 Å². The van der Waals surface area contributed by atoms with E-state index in [1.165, 1.54) is 6.20 Å². The molecule has 0 amide bonds. The predicted octanol–water partition coefficient (Wildman–Crippen LogP) is 3.50. The molecule has 0 fully saturated rings. The molecule has 0 saturated carbocycles. The Kier molecular flexibility index (Phi) is 4.98. The smallest absolute Gasteiger partial charge is 0.147 e. The molecule has 4 nitrogen and oxygen atoms in total. The summed E-state index contributed by atoms with van der Waals surface area (Å²) in [6.45, 7) is 3.16. The summed E-state index contributed by atoms with van der Waals surface area (Å²) >= 11 is 5.66. The minimum Gasteiger partial charge on any atom is -0.494 e. The van der Waals surface area contributed by atoms with Crippen LogP contribution in [0.1, 0.15) is 19.0 Å². The highest BCUT2D eigenvalue weighted by atomic mass is 35.5. The van der Waals surface area contributed by atoms with Gasteiger partial charge in [-0.05, 0) is 30.7 Å². The number of benzene rings is 1. The predicted molar refractivity (Wildman–Crippen MR) is 73.6 cm³/mol. The van der Waals surface area contributed by atoms with Crippen LogP contribution < -0.4 is 9.47 Å². The second kappa shape index (κ2) is 6.95. The first-order chi connectivity index (χ1) is 9.28. The summed E-state index contributed by atoms with van der Waals surface area (Å²) in [5.74, 6) is 1.61. The van der Waals surface area contributed by atoms with E-state index in [4.69, 9.17) is 21.1 Å². The highest BCUT2D eigenvalue weighted by Crippen LogP contribution is 2.18. The van der Waals surface area contributed by atoms with Crippen molar-refractivity contribution in [1.82, 2.24) is 9.97 Å². The first kappa shape index (κ1) is 13.6. The van der Waals surface area contributed by atoms with Gasteiger partial charge in [0.1, 0.15) is 23.3 Å². The van der Waals surface area contributed by atoms with Gasteiger partial charge < -0.3 is 9.47 Å². The molecule has 2 rings (SSSR count). The van der Waals surface area contributed by atoms with Crippen molar-refractivity contribution in [2.24, 2.45) is 0 Å². The van der Waals surface area contributed by atoms with Crippen LogP contribution in [-0.4, -0.2) is 16.6 Å². The maximum atomic E-state index is 5.66. The topological polar surface area (TPSA) is 44.2 Å². The highest BCUT2D eigenvalue weighted by Gasteiger charge is 1.99. The Hall–Kier alpha value is -1.81. The third-order valence-corrected chi connectivity index (χ3v) is 2.55. The van der Waals surface area contributed by atoms with Gasteiger partial charge in [-0.15, -0.1) is 0 Å². The average molecular weight is 279 g/mol. The van der Waals surface area contributed by atoms with Crippen molar-refractivity contribution in [1.29, 1.82) is 0 Å². The van der Waals surface area contributed by atoms with Gasteiger partial charge in [0.25, 0.3) is 0 Å². The lowest BCUT2D eigenvalue weighted by Crippen LogP contribution is -1.99. The van der Waals surface area contributed by atoms with Crippen LogP contribution in [0.25, 0.3) is 0 Å². The molecule has 5 heteroatoms. The monoisotopic (exact) mass is 278 g/mol. The van der Waals surface area contributed by atoms with Crippen molar-refractivity contribution in [3.63, 3.8) is 0 Å². The van der Waals surface area contributed by atoms with Crippen LogP contribution in [0, 0.1) is 0 Å². The summed E-state index contributed by atoms with van der Waals surface area (Å²) in [5.41, 5.74) is 0.732. The van der Waals surface area contributed by atoms with Gasteiger partial charge in [0.15, 0.2) is 0 Å². The van der Waals surface area contributed by atoms with E-state index in [2.05, 4.69) is 16.9 Å². The normalized spacial score (nSPS) is 10.2. The lowest BCUT2D eigenvalue weighted by atomic mass is 10.3. The number of ether oxygens (including phenoxy) is 2. The van der Waals surface area contributed by atoms with Gasteiger partial charge in [0, 0.05) is 0 Å². The van der Waals surface area contributed by atoms with Gasteiger partial charge >= 0.3 is 0 Å². The first-order valence-electron chi connectivity index (χ1n) is 6.10. The largest absolute Gasteiger partial charge is 0.494 e. The molecule has 0 atom stereocenters. The van der Waals surface area contributed by atoms with Crippen molar-refractivity contribution in [2.45, 2.75) is 20.0 Å². The summed E-state index contributed by atoms with van der Waals surface area (Å²) in [4.78, 5) is 8.05. The zero-order chi connectivity index (χ0) is 13.5. The van der Waals surface area contributed by atoms with Gasteiger partial charge in [0.2, 0.25) is 0 Å². The van der Waals surface area contributed by atoms with Crippen LogP contribution in [0.2, 0.25) is 5.15 Å². The molecule has 0 saturated heterocycles. The molecule has 0 spiro atoms. The van der Waals surface area contributed by atoms with Crippen molar-refractivity contribution < 1.29 is 9.47 Å². The summed E-state index contributed by atoms with van der Waals surface area (Å²) in [6, 6.07) is 7.51. The van der Waals surface area contributed by atoms with E-state index in [9.17, 15) is 0 Å². The third kappa shape index (κ3) is 4.41. The number of halogens is 1. The Bertz CT molecular complexity index is 500. The molecule has 0 aliphatic heterocycles. The Morgan fingerprint density at radius 1 is 1.00 bits per heavy atom. The zero-order valence-corrected chi connectivity index (χ0v) is 11.4. The number of rotatable bonds is 6. The SMILES string of the molecule is CCCOc1ccc(OCc2cnc(Cl)cn2)cc1. The van der Waals surface area contributed by atoms with Crippen LogP contribution >= 0.6 is 11.6 Å². The first-order valence-corrected chi connectivity index (χ1v) is 6.48. The van der Waals surface area contributed by atoms with Gasteiger partial charge in [-0.1, -0.05) is 18.5 Å². The lowest BCUT2D eigenvalue weighted by Gasteiger charge is -2.07. The molecule has 0 aliphatic carbocycles. The van der Waals surface area contributed by atoms with Crippen molar-refractivity contribution >= 4 is 11.6 Å². The molecule has 0 N–H and O–H groups in total. The van der Waals surface area contributed by atoms with Gasteiger partial charge in [0.05, 0.1) is 24.7 Å². The molecular weight excluding hydrogens is 264 g/mol. The molecule has 1 aromatic heterocycles. The molecule has 0 radical (unpaired) electrons. The summed E-state index contributed by atoms with van der Waals surface area (Å²) < 4.78 is 11.1. The number of hydrogen-bond donors (Lipinski definition) is 0. The maximum Gasteiger partial charge on any atom is 0.147 e. The van der Waals surface area contributed by atoms with Crippen LogP contribution in [0.15, 0.2) is 36.7 Å². The second-order valence-corrected chi connectivity index (χ2v) is 4.33. The van der Waals surface area contributed by atoms with Crippen LogP contribution in [0.5, 0.6) is 11.5 Å². The molecular formula is C14H15ClN2O2. The van der Waals surface area contributed by atoms with Gasteiger partial charge in [-0.25, -0.2) is 4.98 Å². The highest BCUT2D eigenvalue weighted by molar-refractivity contribution is 6.29. The van der Waals surface area contributed by atoms with E-state index >= 15 is 0 Å². The van der Waals surface area contributed by atoms with Crippen LogP contribution in [0.4, 0.5) is 0 Å². The van der Waals surface area contributed by atoms with Crippen molar-refractivity contribution in [2.75, 3.05) is 6.61 Å². The Labute approximate surface area is 117 Å². The molecule has 0 unspecified atom stereocenters. The minimum absolute atomic E-state index is 0.360. The second-order valence-electron chi connectivity index (χ2n) is 3.94. The van der Waals surface area contributed by atoms with Gasteiger partial charge in [-0.3, -0.25) is 4.98 Å². The Balaban J connectivity index is 1.87. The number of hydrogen-bond acceptors (Lipinski definition) is 4. The van der Waals surface area contributed by atoms with E-state index in [1.54, 1.807) is 6.20 Å². The molecule has 1 heterocycles. The number of aromatic nitrogens is 2. The summed E-state index contributed by atoms with van der Waals surface area (Å²) in [5, 5.41) is 0.376. The molecule has 0 aliphatic rings. The van der Waals surface area contributed by atoms with Crippen molar-refractivity contribution in [3.8, 4) is 11.5 Å². The van der Waals surface area contributed by atoms with E-state index in [0.29, 0.717) is 11.8 Å². The molecule has 19 heavy (non-hydrogen) atoms. The summed E-state index contributed by atoms with van der Waals surface area (Å²) in [7, 11) is 0. The standard InChI is InChI=1S/C14H15ClN2O2/c1-2-7-18-12-3-5-13(6-4-12)19-10-11-8-17-14(15)9-16-11/h3-6,8-9H,2,7,10H2,1H3. The third-order valence-electron chi connectivity index (χ3n) is 2.36. The minimum atomic E-state index is 0.360. The fraction of sp³-hybridized carbons (Fsp3) is 0.286. The van der Waals surface area contributed by atoms with E-state index < -0.39 is 0 Å². The Morgan fingerprint density at radius 2 is 1.68 bits per heavy atom.